The lowest BCUT2D eigenvalue weighted by Crippen LogP contribution is -2.15. The normalized spacial score (nSPS) is 20.7. The molecule has 1 aromatic carbocycles. The lowest BCUT2D eigenvalue weighted by Gasteiger charge is -2.11. The van der Waals surface area contributed by atoms with E-state index in [0.29, 0.717) is 25.5 Å². The molecule has 3 N–H and O–H groups in total. The van der Waals surface area contributed by atoms with Gasteiger partial charge in [-0.05, 0) is 48.9 Å². The number of nitrogens with one attached hydrogen (secondary N) is 1. The number of halogens is 1. The van der Waals surface area contributed by atoms with E-state index in [1.807, 2.05) is 24.3 Å². The van der Waals surface area contributed by atoms with Crippen molar-refractivity contribution in [2.45, 2.75) is 32.6 Å². The molecule has 0 radical (unpaired) electrons. The van der Waals surface area contributed by atoms with Crippen molar-refractivity contribution in [2.24, 2.45) is 17.6 Å². The van der Waals surface area contributed by atoms with E-state index >= 15 is 0 Å². The summed E-state index contributed by atoms with van der Waals surface area (Å²) in [5.41, 5.74) is 6.20. The third kappa shape index (κ3) is 5.94. The Kier molecular flexibility index (Phi) is 7.54. The van der Waals surface area contributed by atoms with Crippen molar-refractivity contribution in [3.05, 3.63) is 24.3 Å². The molecule has 1 aliphatic carbocycles. The van der Waals surface area contributed by atoms with Gasteiger partial charge in [0.25, 0.3) is 0 Å². The monoisotopic (exact) mass is 312 g/mol. The number of hydrogen-bond acceptors (Lipinski definition) is 3. The molecule has 1 amide bonds. The predicted molar refractivity (Wildman–Crippen MR) is 88.0 cm³/mol. The highest BCUT2D eigenvalue weighted by Gasteiger charge is 2.23. The van der Waals surface area contributed by atoms with Gasteiger partial charge in [0.15, 0.2) is 0 Å². The van der Waals surface area contributed by atoms with E-state index in [2.05, 4.69) is 12.2 Å². The summed E-state index contributed by atoms with van der Waals surface area (Å²) in [5.74, 6) is 2.21. The number of nitrogens with two attached hydrogens (primary N) is 1. The minimum atomic E-state index is 0. The Morgan fingerprint density at radius 1 is 1.33 bits per heavy atom. The predicted octanol–water partition coefficient (Wildman–Crippen LogP) is 3.21. The van der Waals surface area contributed by atoms with E-state index in [-0.39, 0.29) is 18.3 Å². The van der Waals surface area contributed by atoms with Crippen LogP contribution in [0.5, 0.6) is 5.75 Å². The molecule has 21 heavy (non-hydrogen) atoms. The number of rotatable bonds is 6. The van der Waals surface area contributed by atoms with Crippen LogP contribution in [0.1, 0.15) is 32.6 Å². The molecule has 0 saturated heterocycles. The van der Waals surface area contributed by atoms with Gasteiger partial charge in [0.2, 0.25) is 5.91 Å². The number of anilines is 1. The zero-order valence-electron chi connectivity index (χ0n) is 12.5. The number of hydrogen-bond donors (Lipinski definition) is 2. The number of amides is 1. The van der Waals surface area contributed by atoms with Crippen LogP contribution in [0.3, 0.4) is 0 Å². The second kappa shape index (κ2) is 8.90. The maximum atomic E-state index is 12.0. The molecule has 2 rings (SSSR count). The SMILES string of the molecule is CC1CCC(CC(=O)Nc2ccc(OCCN)cc2)C1.Cl. The summed E-state index contributed by atoms with van der Waals surface area (Å²) in [6.45, 7) is 3.27. The molecule has 118 valence electrons. The molecule has 2 atom stereocenters. The average Bonchev–Trinajstić information content (AvgIpc) is 2.83. The van der Waals surface area contributed by atoms with Gasteiger partial charge < -0.3 is 15.8 Å². The lowest BCUT2D eigenvalue weighted by molar-refractivity contribution is -0.117. The van der Waals surface area contributed by atoms with Crippen LogP contribution in [0.15, 0.2) is 24.3 Å². The van der Waals surface area contributed by atoms with Crippen LogP contribution < -0.4 is 15.8 Å². The maximum Gasteiger partial charge on any atom is 0.224 e. The molecule has 0 aromatic heterocycles. The fraction of sp³-hybridized carbons (Fsp3) is 0.562. The van der Waals surface area contributed by atoms with E-state index in [1.54, 1.807) is 0 Å². The Balaban J connectivity index is 0.00000220. The molecule has 4 nitrogen and oxygen atoms in total. The summed E-state index contributed by atoms with van der Waals surface area (Å²) in [6.07, 6.45) is 4.25. The van der Waals surface area contributed by atoms with Crippen LogP contribution in [0, 0.1) is 11.8 Å². The molecule has 5 heteroatoms. The third-order valence-corrected chi connectivity index (χ3v) is 3.80. The smallest absolute Gasteiger partial charge is 0.224 e. The third-order valence-electron chi connectivity index (χ3n) is 3.80. The maximum absolute atomic E-state index is 12.0. The summed E-state index contributed by atoms with van der Waals surface area (Å²) < 4.78 is 5.40. The fourth-order valence-corrected chi connectivity index (χ4v) is 2.80. The summed E-state index contributed by atoms with van der Waals surface area (Å²) in [6, 6.07) is 7.42. The Morgan fingerprint density at radius 2 is 2.05 bits per heavy atom. The molecule has 1 saturated carbocycles. The first kappa shape index (κ1) is 17.8. The Bertz CT molecular complexity index is 436. The second-order valence-corrected chi connectivity index (χ2v) is 5.70. The zero-order chi connectivity index (χ0) is 14.4. The number of carbonyl (C=O) groups is 1. The molecule has 0 aliphatic heterocycles. The summed E-state index contributed by atoms with van der Waals surface area (Å²) >= 11 is 0. The van der Waals surface area contributed by atoms with Gasteiger partial charge in [0, 0.05) is 18.7 Å². The van der Waals surface area contributed by atoms with Crippen LogP contribution >= 0.6 is 12.4 Å². The van der Waals surface area contributed by atoms with Crippen molar-refractivity contribution in [1.82, 2.24) is 0 Å². The van der Waals surface area contributed by atoms with Crippen LogP contribution in [0.25, 0.3) is 0 Å². The number of benzene rings is 1. The topological polar surface area (TPSA) is 64.3 Å². The highest BCUT2D eigenvalue weighted by molar-refractivity contribution is 5.90. The number of ether oxygens (including phenoxy) is 1. The first-order valence-corrected chi connectivity index (χ1v) is 7.40. The summed E-state index contributed by atoms with van der Waals surface area (Å²) in [5, 5.41) is 2.95. The van der Waals surface area contributed by atoms with Crippen LogP contribution in [-0.4, -0.2) is 19.1 Å². The molecule has 1 aliphatic rings. The highest BCUT2D eigenvalue weighted by Crippen LogP contribution is 2.32. The van der Waals surface area contributed by atoms with Crippen molar-refractivity contribution in [3.63, 3.8) is 0 Å². The molecule has 0 heterocycles. The molecular formula is C16H25ClN2O2. The van der Waals surface area contributed by atoms with Crippen molar-refractivity contribution >= 4 is 24.0 Å². The molecular weight excluding hydrogens is 288 g/mol. The minimum absolute atomic E-state index is 0. The quantitative estimate of drug-likeness (QED) is 0.847. The fourth-order valence-electron chi connectivity index (χ4n) is 2.80. The first-order valence-electron chi connectivity index (χ1n) is 7.40. The van der Waals surface area contributed by atoms with Gasteiger partial charge in [-0.1, -0.05) is 13.3 Å². The van der Waals surface area contributed by atoms with Crippen LogP contribution in [0.2, 0.25) is 0 Å². The van der Waals surface area contributed by atoms with E-state index in [1.165, 1.54) is 19.3 Å². The average molecular weight is 313 g/mol. The molecule has 1 aromatic rings. The van der Waals surface area contributed by atoms with Crippen LogP contribution in [0.4, 0.5) is 5.69 Å². The van der Waals surface area contributed by atoms with Gasteiger partial charge >= 0.3 is 0 Å². The molecule has 2 unspecified atom stereocenters. The summed E-state index contributed by atoms with van der Waals surface area (Å²) in [4.78, 5) is 12.0. The zero-order valence-corrected chi connectivity index (χ0v) is 13.3. The van der Waals surface area contributed by atoms with Gasteiger partial charge in [-0.3, -0.25) is 4.79 Å². The van der Waals surface area contributed by atoms with E-state index in [0.717, 1.165) is 17.4 Å². The first-order chi connectivity index (χ1) is 9.67. The van der Waals surface area contributed by atoms with Gasteiger partial charge in [-0.15, -0.1) is 12.4 Å². The summed E-state index contributed by atoms with van der Waals surface area (Å²) in [7, 11) is 0. The minimum Gasteiger partial charge on any atom is -0.492 e. The van der Waals surface area contributed by atoms with Gasteiger partial charge in [0.1, 0.15) is 12.4 Å². The van der Waals surface area contributed by atoms with Gasteiger partial charge in [-0.2, -0.15) is 0 Å². The van der Waals surface area contributed by atoms with Crippen molar-refractivity contribution < 1.29 is 9.53 Å². The highest BCUT2D eigenvalue weighted by atomic mass is 35.5. The van der Waals surface area contributed by atoms with Gasteiger partial charge in [0.05, 0.1) is 0 Å². The molecule has 0 bridgehead atoms. The van der Waals surface area contributed by atoms with Crippen molar-refractivity contribution in [3.8, 4) is 5.75 Å². The Hall–Kier alpha value is -1.26. The molecule has 0 spiro atoms. The second-order valence-electron chi connectivity index (χ2n) is 5.70. The van der Waals surface area contributed by atoms with Crippen molar-refractivity contribution in [2.75, 3.05) is 18.5 Å². The lowest BCUT2D eigenvalue weighted by atomic mass is 10.0. The molecule has 1 fully saturated rings. The van der Waals surface area contributed by atoms with E-state index in [9.17, 15) is 4.79 Å². The standard InChI is InChI=1S/C16H24N2O2.ClH/c1-12-2-3-13(10-12)11-16(19)18-14-4-6-15(7-5-14)20-9-8-17;/h4-7,12-13H,2-3,8-11,17H2,1H3,(H,18,19);1H. The van der Waals surface area contributed by atoms with Gasteiger partial charge in [-0.25, -0.2) is 0 Å². The largest absolute Gasteiger partial charge is 0.492 e. The number of carbonyl (C=O) groups excluding carboxylic acids is 1. The Morgan fingerprint density at radius 3 is 2.62 bits per heavy atom. The Labute approximate surface area is 132 Å². The van der Waals surface area contributed by atoms with E-state index < -0.39 is 0 Å². The van der Waals surface area contributed by atoms with E-state index in [4.69, 9.17) is 10.5 Å². The van der Waals surface area contributed by atoms with Crippen LogP contribution in [-0.2, 0) is 4.79 Å². The van der Waals surface area contributed by atoms with Crippen molar-refractivity contribution in [1.29, 1.82) is 0 Å².